The van der Waals surface area contributed by atoms with Crippen molar-refractivity contribution in [3.63, 3.8) is 0 Å². The van der Waals surface area contributed by atoms with E-state index in [2.05, 4.69) is 20.4 Å². The maximum atomic E-state index is 12.7. The molecule has 126 valence electrons. The molecule has 0 unspecified atom stereocenters. The minimum Gasteiger partial charge on any atom is -0.454 e. The van der Waals surface area contributed by atoms with Gasteiger partial charge in [-0.25, -0.2) is 14.6 Å². The lowest BCUT2D eigenvalue weighted by molar-refractivity contribution is 0.0939. The largest absolute Gasteiger partial charge is 0.454 e. The number of hydrogen-bond acceptors (Lipinski definition) is 6. The van der Waals surface area contributed by atoms with Gasteiger partial charge in [0, 0.05) is 6.20 Å². The monoisotopic (exact) mass is 337 g/mol. The van der Waals surface area contributed by atoms with Crippen LogP contribution < -0.4 is 14.8 Å². The van der Waals surface area contributed by atoms with Crippen molar-refractivity contribution in [2.45, 2.75) is 13.0 Å². The smallest absolute Gasteiger partial charge is 0.255 e. The summed E-state index contributed by atoms with van der Waals surface area (Å²) in [5, 5.41) is 7.01. The van der Waals surface area contributed by atoms with E-state index < -0.39 is 0 Å². The summed E-state index contributed by atoms with van der Waals surface area (Å²) in [7, 11) is 0. The number of nitrogens with one attached hydrogen (secondary N) is 1. The molecule has 8 heteroatoms. The molecule has 3 aromatic rings. The van der Waals surface area contributed by atoms with E-state index in [1.165, 1.54) is 17.3 Å². The van der Waals surface area contributed by atoms with Crippen LogP contribution in [0.1, 0.15) is 28.9 Å². The maximum Gasteiger partial charge on any atom is 0.255 e. The molecule has 0 fully saturated rings. The molecule has 0 bridgehead atoms. The zero-order chi connectivity index (χ0) is 17.2. The number of nitrogens with zero attached hydrogens (tertiary/aromatic N) is 4. The number of amides is 1. The first-order valence-electron chi connectivity index (χ1n) is 7.73. The van der Waals surface area contributed by atoms with Crippen LogP contribution >= 0.6 is 0 Å². The van der Waals surface area contributed by atoms with Crippen LogP contribution in [0, 0.1) is 0 Å². The highest BCUT2D eigenvalue weighted by Gasteiger charge is 2.19. The van der Waals surface area contributed by atoms with Gasteiger partial charge in [-0.3, -0.25) is 4.79 Å². The van der Waals surface area contributed by atoms with Gasteiger partial charge in [-0.2, -0.15) is 5.10 Å². The third kappa shape index (κ3) is 2.89. The van der Waals surface area contributed by atoms with E-state index in [0.717, 1.165) is 5.56 Å². The standard InChI is InChI=1S/C17H15N5O3/c1-11(12-4-5-14-15(7-12)25-10-24-14)21-17(23)13-3-2-6-19-16(13)22-9-18-8-20-22/h2-9,11H,10H2,1H3,(H,21,23)/t11-/m0/s1. The fraction of sp³-hybridized carbons (Fsp3) is 0.176. The van der Waals surface area contributed by atoms with E-state index in [0.29, 0.717) is 22.9 Å². The van der Waals surface area contributed by atoms with Crippen LogP contribution in [0.4, 0.5) is 0 Å². The van der Waals surface area contributed by atoms with E-state index in [9.17, 15) is 4.79 Å². The normalized spacial score (nSPS) is 13.5. The molecular formula is C17H15N5O3. The van der Waals surface area contributed by atoms with Crippen LogP contribution in [0.5, 0.6) is 11.5 Å². The van der Waals surface area contributed by atoms with Gasteiger partial charge in [0.05, 0.1) is 11.6 Å². The first-order chi connectivity index (χ1) is 12.2. The maximum absolute atomic E-state index is 12.7. The van der Waals surface area contributed by atoms with E-state index in [4.69, 9.17) is 9.47 Å². The summed E-state index contributed by atoms with van der Waals surface area (Å²) in [5.74, 6) is 1.57. The van der Waals surface area contributed by atoms with Crippen molar-refractivity contribution >= 4 is 5.91 Å². The zero-order valence-electron chi connectivity index (χ0n) is 13.4. The Hall–Kier alpha value is -3.42. The Balaban J connectivity index is 1.56. The van der Waals surface area contributed by atoms with Crippen LogP contribution in [0.25, 0.3) is 5.82 Å². The fourth-order valence-corrected chi connectivity index (χ4v) is 2.61. The quantitative estimate of drug-likeness (QED) is 0.782. The van der Waals surface area contributed by atoms with Gasteiger partial charge in [0.2, 0.25) is 6.79 Å². The SMILES string of the molecule is C[C@H](NC(=O)c1cccnc1-n1cncn1)c1ccc2c(c1)OCO2. The van der Waals surface area contributed by atoms with Crippen LogP contribution in [0.15, 0.2) is 49.2 Å². The number of pyridine rings is 1. The average molecular weight is 337 g/mol. The fourth-order valence-electron chi connectivity index (χ4n) is 2.61. The lowest BCUT2D eigenvalue weighted by Crippen LogP contribution is -2.28. The molecule has 0 radical (unpaired) electrons. The Morgan fingerprint density at radius 3 is 3.00 bits per heavy atom. The summed E-state index contributed by atoms with van der Waals surface area (Å²) >= 11 is 0. The second-order valence-corrected chi connectivity index (χ2v) is 5.52. The predicted octanol–water partition coefficient (Wildman–Crippen LogP) is 1.88. The Bertz CT molecular complexity index is 910. The Morgan fingerprint density at radius 1 is 1.28 bits per heavy atom. The summed E-state index contributed by atoms with van der Waals surface area (Å²) in [6.45, 7) is 2.12. The molecule has 4 rings (SSSR count). The molecule has 3 heterocycles. The lowest BCUT2D eigenvalue weighted by atomic mass is 10.1. The van der Waals surface area contributed by atoms with Gasteiger partial charge >= 0.3 is 0 Å². The average Bonchev–Trinajstić information content (AvgIpc) is 3.32. The van der Waals surface area contributed by atoms with Gasteiger partial charge < -0.3 is 14.8 Å². The van der Waals surface area contributed by atoms with Crippen LogP contribution in [0.3, 0.4) is 0 Å². The Kier molecular flexibility index (Phi) is 3.77. The molecule has 2 aromatic heterocycles. The van der Waals surface area contributed by atoms with Gasteiger partial charge in [-0.05, 0) is 36.8 Å². The van der Waals surface area contributed by atoms with Crippen molar-refractivity contribution in [1.29, 1.82) is 0 Å². The highest BCUT2D eigenvalue weighted by Crippen LogP contribution is 2.34. The molecule has 1 aromatic carbocycles. The second kappa shape index (κ2) is 6.23. The van der Waals surface area contributed by atoms with Crippen molar-refractivity contribution in [2.24, 2.45) is 0 Å². The molecule has 1 atom stereocenters. The van der Waals surface area contributed by atoms with E-state index in [1.807, 2.05) is 25.1 Å². The second-order valence-electron chi connectivity index (χ2n) is 5.52. The van der Waals surface area contributed by atoms with Crippen molar-refractivity contribution in [2.75, 3.05) is 6.79 Å². The van der Waals surface area contributed by atoms with E-state index in [1.54, 1.807) is 18.3 Å². The number of hydrogen-bond donors (Lipinski definition) is 1. The van der Waals surface area contributed by atoms with Gasteiger partial charge in [-0.1, -0.05) is 6.07 Å². The first kappa shape index (κ1) is 15.1. The molecule has 25 heavy (non-hydrogen) atoms. The van der Waals surface area contributed by atoms with Crippen LogP contribution in [-0.2, 0) is 0 Å². The number of aromatic nitrogens is 4. The Labute approximate surface area is 143 Å². The number of fused-ring (bicyclic) bond motifs is 1. The summed E-state index contributed by atoms with van der Waals surface area (Å²) in [6.07, 6.45) is 4.50. The van der Waals surface area contributed by atoms with Crippen LogP contribution in [0.2, 0.25) is 0 Å². The van der Waals surface area contributed by atoms with Crippen molar-refractivity contribution < 1.29 is 14.3 Å². The minimum atomic E-state index is -0.247. The molecule has 8 nitrogen and oxygen atoms in total. The van der Waals surface area contributed by atoms with E-state index in [-0.39, 0.29) is 18.7 Å². The number of benzene rings is 1. The number of ether oxygens (including phenoxy) is 2. The van der Waals surface area contributed by atoms with E-state index >= 15 is 0 Å². The topological polar surface area (TPSA) is 91.2 Å². The summed E-state index contributed by atoms with van der Waals surface area (Å²) in [6, 6.07) is 8.80. The minimum absolute atomic E-state index is 0.217. The molecule has 1 aliphatic heterocycles. The zero-order valence-corrected chi connectivity index (χ0v) is 13.4. The Morgan fingerprint density at radius 2 is 2.16 bits per heavy atom. The molecule has 0 saturated carbocycles. The van der Waals surface area contributed by atoms with Gasteiger partial charge in [0.1, 0.15) is 12.7 Å². The third-order valence-electron chi connectivity index (χ3n) is 3.91. The molecule has 1 aliphatic rings. The lowest BCUT2D eigenvalue weighted by Gasteiger charge is -2.16. The summed E-state index contributed by atoms with van der Waals surface area (Å²) in [4.78, 5) is 20.8. The molecule has 1 amide bonds. The molecule has 0 spiro atoms. The molecule has 1 N–H and O–H groups in total. The number of carbonyl (C=O) groups is 1. The molecule has 0 saturated heterocycles. The third-order valence-corrected chi connectivity index (χ3v) is 3.91. The number of rotatable bonds is 4. The van der Waals surface area contributed by atoms with Crippen molar-refractivity contribution in [1.82, 2.24) is 25.1 Å². The molecular weight excluding hydrogens is 322 g/mol. The summed E-state index contributed by atoms with van der Waals surface area (Å²) < 4.78 is 12.1. The van der Waals surface area contributed by atoms with Gasteiger partial charge in [0.25, 0.3) is 5.91 Å². The highest BCUT2D eigenvalue weighted by atomic mass is 16.7. The first-order valence-corrected chi connectivity index (χ1v) is 7.73. The van der Waals surface area contributed by atoms with Gasteiger partial charge in [0.15, 0.2) is 17.3 Å². The number of carbonyl (C=O) groups excluding carboxylic acids is 1. The molecule has 0 aliphatic carbocycles. The van der Waals surface area contributed by atoms with Crippen LogP contribution in [-0.4, -0.2) is 32.4 Å². The summed E-state index contributed by atoms with van der Waals surface area (Å²) in [5.41, 5.74) is 1.34. The predicted molar refractivity (Wildman–Crippen MR) is 87.6 cm³/mol. The highest BCUT2D eigenvalue weighted by molar-refractivity contribution is 5.97. The van der Waals surface area contributed by atoms with Gasteiger partial charge in [-0.15, -0.1) is 0 Å². The van der Waals surface area contributed by atoms with Crippen molar-refractivity contribution in [3.8, 4) is 17.3 Å². The van der Waals surface area contributed by atoms with Crippen molar-refractivity contribution in [3.05, 3.63) is 60.3 Å².